The molecule has 42 heavy (non-hydrogen) atoms. The van der Waals surface area contributed by atoms with Crippen LogP contribution in [0, 0.1) is 0 Å². The fraction of sp³-hybridized carbons (Fsp3) is 0.485. The van der Waals surface area contributed by atoms with E-state index in [0.29, 0.717) is 18.6 Å². The van der Waals surface area contributed by atoms with Crippen LogP contribution in [0.5, 0.6) is 5.88 Å². The quantitative estimate of drug-likeness (QED) is 0.211. The van der Waals surface area contributed by atoms with E-state index in [2.05, 4.69) is 56.8 Å². The molecule has 6 rings (SSSR count). The Labute approximate surface area is 246 Å². The van der Waals surface area contributed by atoms with Gasteiger partial charge in [-0.2, -0.15) is 0 Å². The van der Waals surface area contributed by atoms with E-state index < -0.39 is 5.97 Å². The van der Waals surface area contributed by atoms with Crippen LogP contribution in [-0.2, 0) is 21.3 Å². The number of aliphatic carboxylic acids is 1. The van der Waals surface area contributed by atoms with Crippen LogP contribution in [0.4, 0.5) is 0 Å². The van der Waals surface area contributed by atoms with Gasteiger partial charge >= 0.3 is 5.97 Å². The van der Waals surface area contributed by atoms with E-state index in [1.807, 2.05) is 24.7 Å². The van der Waals surface area contributed by atoms with Crippen molar-refractivity contribution in [3.63, 3.8) is 0 Å². The molecule has 2 aliphatic rings. The first-order chi connectivity index (χ1) is 20.5. The zero-order valence-electron chi connectivity index (χ0n) is 24.3. The van der Waals surface area contributed by atoms with Crippen LogP contribution >= 0.6 is 0 Å². The number of aromatic nitrogens is 3. The van der Waals surface area contributed by atoms with Crippen molar-refractivity contribution < 1.29 is 24.1 Å². The summed E-state index contributed by atoms with van der Waals surface area (Å²) in [5.74, 6) is -0.238. The Bertz CT molecular complexity index is 1490. The topological polar surface area (TPSA) is 98.9 Å². The molecule has 0 atom stereocenters. The van der Waals surface area contributed by atoms with Crippen LogP contribution in [-0.4, -0.2) is 81.7 Å². The molecule has 0 bridgehead atoms. The third-order valence-corrected chi connectivity index (χ3v) is 8.63. The molecular weight excluding hydrogens is 532 g/mol. The van der Waals surface area contributed by atoms with Gasteiger partial charge in [0, 0.05) is 86.1 Å². The van der Waals surface area contributed by atoms with Gasteiger partial charge in [0.05, 0.1) is 17.7 Å². The number of unbranched alkanes of at least 4 members (excludes halogenated alkanes) is 2. The lowest BCUT2D eigenvalue weighted by Crippen LogP contribution is -2.44. The van der Waals surface area contributed by atoms with Gasteiger partial charge in [0.15, 0.2) is 0 Å². The minimum absolute atomic E-state index is 0.161. The molecule has 2 fully saturated rings. The Morgan fingerprint density at radius 1 is 0.929 bits per heavy atom. The van der Waals surface area contributed by atoms with E-state index >= 15 is 0 Å². The van der Waals surface area contributed by atoms with E-state index in [0.717, 1.165) is 75.7 Å². The van der Waals surface area contributed by atoms with Crippen molar-refractivity contribution in [3.05, 3.63) is 55.0 Å². The summed E-state index contributed by atoms with van der Waals surface area (Å²) in [7, 11) is 2.10. The molecule has 0 spiro atoms. The normalized spacial score (nSPS) is 19.7. The van der Waals surface area contributed by atoms with E-state index in [-0.39, 0.29) is 18.8 Å². The lowest BCUT2D eigenvalue weighted by Gasteiger charge is -2.39. The van der Waals surface area contributed by atoms with Gasteiger partial charge in [0.1, 0.15) is 12.7 Å². The SMILES string of the molecule is Cn1c2ccncc2c2ccc(-c3ccc(OC4CC(OC5CCN(CCCCCOCC(=O)O)CC5)C4)nc3)cc21. The van der Waals surface area contributed by atoms with Gasteiger partial charge in [0.25, 0.3) is 0 Å². The van der Waals surface area contributed by atoms with Gasteiger partial charge in [-0.05, 0) is 62.4 Å². The molecule has 9 heteroatoms. The molecule has 3 aromatic heterocycles. The third-order valence-electron chi connectivity index (χ3n) is 8.63. The molecule has 1 saturated heterocycles. The fourth-order valence-corrected chi connectivity index (χ4v) is 6.17. The van der Waals surface area contributed by atoms with Crippen LogP contribution in [0.1, 0.15) is 44.9 Å². The maximum atomic E-state index is 10.5. The van der Waals surface area contributed by atoms with Gasteiger partial charge in [-0.15, -0.1) is 0 Å². The summed E-state index contributed by atoms with van der Waals surface area (Å²) >= 11 is 0. The van der Waals surface area contributed by atoms with Crippen molar-refractivity contribution in [1.82, 2.24) is 19.4 Å². The predicted molar refractivity (Wildman–Crippen MR) is 162 cm³/mol. The molecule has 0 radical (unpaired) electrons. The van der Waals surface area contributed by atoms with Gasteiger partial charge in [-0.1, -0.05) is 12.1 Å². The molecule has 1 aliphatic carbocycles. The molecule has 4 aromatic rings. The van der Waals surface area contributed by atoms with Gasteiger partial charge in [0.2, 0.25) is 5.88 Å². The molecule has 1 aromatic carbocycles. The molecule has 0 amide bonds. The number of hydrogen-bond donors (Lipinski definition) is 1. The second-order valence-electron chi connectivity index (χ2n) is 11.6. The Morgan fingerprint density at radius 3 is 2.55 bits per heavy atom. The standard InChI is InChI=1S/C33H40N4O5/c1-36-30-9-12-34-21-29(30)28-7-5-23(17-31(28)36)24-6-8-32(35-20-24)42-27-18-26(19-27)41-25-10-14-37(15-11-25)13-3-2-4-16-40-22-33(38)39/h5-9,12,17,20-21,25-27H,2-4,10-11,13-16,18-19,22H2,1H3,(H,38,39). The van der Waals surface area contributed by atoms with Crippen LogP contribution in [0.3, 0.4) is 0 Å². The summed E-state index contributed by atoms with van der Waals surface area (Å²) in [4.78, 5) is 21.9. The summed E-state index contributed by atoms with van der Waals surface area (Å²) in [6, 6.07) is 12.6. The van der Waals surface area contributed by atoms with Crippen LogP contribution in [0.15, 0.2) is 55.0 Å². The first-order valence-corrected chi connectivity index (χ1v) is 15.2. The summed E-state index contributed by atoms with van der Waals surface area (Å²) in [5, 5.41) is 11.0. The average molecular weight is 573 g/mol. The van der Waals surface area contributed by atoms with Gasteiger partial charge in [-0.3, -0.25) is 4.98 Å². The molecule has 4 heterocycles. The Kier molecular flexibility index (Phi) is 8.98. The number of pyridine rings is 2. The maximum absolute atomic E-state index is 10.5. The van der Waals surface area contributed by atoms with E-state index in [1.165, 1.54) is 21.8 Å². The number of benzene rings is 1. The van der Waals surface area contributed by atoms with Gasteiger partial charge < -0.3 is 28.8 Å². The number of fused-ring (bicyclic) bond motifs is 3. The second kappa shape index (κ2) is 13.2. The zero-order chi connectivity index (χ0) is 28.9. The molecule has 1 saturated carbocycles. The van der Waals surface area contributed by atoms with Crippen molar-refractivity contribution in [2.24, 2.45) is 7.05 Å². The molecule has 1 N–H and O–H groups in total. The highest BCUT2D eigenvalue weighted by molar-refractivity contribution is 6.08. The predicted octanol–water partition coefficient (Wildman–Crippen LogP) is 5.45. The largest absolute Gasteiger partial charge is 0.480 e. The second-order valence-corrected chi connectivity index (χ2v) is 11.6. The minimum Gasteiger partial charge on any atom is -0.480 e. The number of carbonyl (C=O) groups is 1. The number of carboxylic acids is 1. The first kappa shape index (κ1) is 28.6. The van der Waals surface area contributed by atoms with Crippen LogP contribution < -0.4 is 4.74 Å². The number of aryl methyl sites for hydroxylation is 1. The van der Waals surface area contributed by atoms with E-state index in [4.69, 9.17) is 19.3 Å². The molecule has 222 valence electrons. The number of carboxylic acid groups (broad SMARTS) is 1. The number of nitrogens with zero attached hydrogens (tertiary/aromatic N) is 4. The number of likely N-dealkylation sites (tertiary alicyclic amines) is 1. The highest BCUT2D eigenvalue weighted by Crippen LogP contribution is 2.33. The average Bonchev–Trinajstić information content (AvgIpc) is 3.27. The molecule has 1 aliphatic heterocycles. The summed E-state index contributed by atoms with van der Waals surface area (Å²) < 4.78 is 19.8. The summed E-state index contributed by atoms with van der Waals surface area (Å²) in [5.41, 5.74) is 4.56. The van der Waals surface area contributed by atoms with Crippen molar-refractivity contribution in [2.45, 2.75) is 63.3 Å². The highest BCUT2D eigenvalue weighted by atomic mass is 16.5. The van der Waals surface area contributed by atoms with Crippen LogP contribution in [0.25, 0.3) is 32.9 Å². The van der Waals surface area contributed by atoms with Crippen molar-refractivity contribution >= 4 is 27.8 Å². The lowest BCUT2D eigenvalue weighted by molar-refractivity contribution is -0.142. The Balaban J connectivity index is 0.899. The molecule has 9 nitrogen and oxygen atoms in total. The number of piperidine rings is 1. The van der Waals surface area contributed by atoms with Gasteiger partial charge in [-0.25, -0.2) is 9.78 Å². The summed E-state index contributed by atoms with van der Waals surface area (Å²) in [6.07, 6.45) is 13.5. The van der Waals surface area contributed by atoms with Crippen molar-refractivity contribution in [1.29, 1.82) is 0 Å². The number of rotatable bonds is 13. The van der Waals surface area contributed by atoms with Crippen LogP contribution in [0.2, 0.25) is 0 Å². The number of hydrogen-bond acceptors (Lipinski definition) is 7. The van der Waals surface area contributed by atoms with E-state index in [9.17, 15) is 4.79 Å². The Morgan fingerprint density at radius 2 is 1.76 bits per heavy atom. The summed E-state index contributed by atoms with van der Waals surface area (Å²) in [6.45, 7) is 3.57. The Hall–Kier alpha value is -3.53. The fourth-order valence-electron chi connectivity index (χ4n) is 6.17. The molecular formula is C33H40N4O5. The third kappa shape index (κ3) is 6.75. The zero-order valence-corrected chi connectivity index (χ0v) is 24.3. The van der Waals surface area contributed by atoms with Crippen molar-refractivity contribution in [2.75, 3.05) is 32.8 Å². The monoisotopic (exact) mass is 572 g/mol. The van der Waals surface area contributed by atoms with E-state index in [1.54, 1.807) is 0 Å². The van der Waals surface area contributed by atoms with Crippen molar-refractivity contribution in [3.8, 4) is 17.0 Å². The number of ether oxygens (including phenoxy) is 3. The molecule has 0 unspecified atom stereocenters. The first-order valence-electron chi connectivity index (χ1n) is 15.2. The maximum Gasteiger partial charge on any atom is 0.329 e. The minimum atomic E-state index is -0.905. The lowest BCUT2D eigenvalue weighted by atomic mass is 9.91. The highest BCUT2D eigenvalue weighted by Gasteiger charge is 2.34. The smallest absolute Gasteiger partial charge is 0.329 e.